The maximum absolute atomic E-state index is 13.0. The molecule has 6 nitrogen and oxygen atoms in total. The first-order valence-corrected chi connectivity index (χ1v) is 10.2. The average Bonchev–Trinajstić information content (AvgIpc) is 2.79. The molecule has 1 amide bonds. The van der Waals surface area contributed by atoms with Crippen LogP contribution in [0.1, 0.15) is 24.8 Å². The number of hydrogen-bond acceptors (Lipinski definition) is 5. The van der Waals surface area contributed by atoms with Crippen molar-refractivity contribution in [2.24, 2.45) is 0 Å². The van der Waals surface area contributed by atoms with E-state index in [1.54, 1.807) is 30.3 Å². The zero-order valence-electron chi connectivity index (χ0n) is 17.5. The van der Waals surface area contributed by atoms with E-state index in [1.807, 2.05) is 0 Å². The fraction of sp³-hybridized carbons (Fsp3) is 0.217. The van der Waals surface area contributed by atoms with Crippen molar-refractivity contribution >= 4 is 35.1 Å². The van der Waals surface area contributed by atoms with Crippen LogP contribution in [-0.2, 0) is 20.5 Å². The van der Waals surface area contributed by atoms with E-state index in [-0.39, 0.29) is 30.9 Å². The van der Waals surface area contributed by atoms with Crippen LogP contribution in [0, 0.1) is 0 Å². The minimum absolute atomic E-state index is 0.0182. The Morgan fingerprint density at radius 1 is 1.06 bits per heavy atom. The zero-order valence-corrected chi connectivity index (χ0v) is 18.2. The van der Waals surface area contributed by atoms with Crippen molar-refractivity contribution in [3.05, 3.63) is 71.4 Å². The number of ether oxygens (including phenoxy) is 1. The molecule has 0 saturated heterocycles. The van der Waals surface area contributed by atoms with E-state index in [0.717, 1.165) is 17.0 Å². The van der Waals surface area contributed by atoms with Crippen molar-refractivity contribution in [3.8, 4) is 11.3 Å². The summed E-state index contributed by atoms with van der Waals surface area (Å²) in [6, 6.07) is 12.6. The smallest absolute Gasteiger partial charge is 0.416 e. The third kappa shape index (κ3) is 6.29. The Kier molecular flexibility index (Phi) is 7.65. The number of alkyl halides is 3. The largest absolute Gasteiger partial charge is 0.469 e. The molecule has 1 heterocycles. The van der Waals surface area contributed by atoms with Gasteiger partial charge in [-0.15, -0.1) is 0 Å². The molecule has 3 rings (SSSR count). The van der Waals surface area contributed by atoms with Crippen LogP contribution in [0.15, 0.2) is 60.8 Å². The predicted molar refractivity (Wildman–Crippen MR) is 117 cm³/mol. The zero-order chi connectivity index (χ0) is 24.0. The third-order valence-electron chi connectivity index (χ3n) is 4.66. The highest BCUT2D eigenvalue weighted by atomic mass is 35.5. The summed E-state index contributed by atoms with van der Waals surface area (Å²) in [5.74, 6) is -0.972. The lowest BCUT2D eigenvalue weighted by Gasteiger charge is -2.22. The average molecular weight is 478 g/mol. The van der Waals surface area contributed by atoms with Crippen molar-refractivity contribution in [3.63, 3.8) is 0 Å². The molecule has 0 atom stereocenters. The summed E-state index contributed by atoms with van der Waals surface area (Å²) in [5, 5.41) is 0.492. The fourth-order valence-corrected chi connectivity index (χ4v) is 3.22. The molecule has 0 aliphatic rings. The van der Waals surface area contributed by atoms with E-state index < -0.39 is 23.6 Å². The highest BCUT2D eigenvalue weighted by molar-refractivity contribution is 6.30. The number of benzene rings is 2. The molecule has 0 aliphatic heterocycles. The summed E-state index contributed by atoms with van der Waals surface area (Å²) >= 11 is 6.05. The number of nitrogens with zero attached hydrogens (tertiary/aromatic N) is 3. The number of carbonyl (C=O) groups is 2. The second-order valence-electron chi connectivity index (χ2n) is 6.96. The lowest BCUT2D eigenvalue weighted by molar-refractivity contribution is -0.141. The Bertz CT molecular complexity index is 1140. The van der Waals surface area contributed by atoms with Crippen LogP contribution in [-0.4, -0.2) is 29.0 Å². The van der Waals surface area contributed by atoms with Crippen LogP contribution >= 0.6 is 11.6 Å². The fourth-order valence-electron chi connectivity index (χ4n) is 3.03. The van der Waals surface area contributed by atoms with Crippen LogP contribution in [0.4, 0.5) is 24.8 Å². The summed E-state index contributed by atoms with van der Waals surface area (Å²) in [6.45, 7) is 0. The summed E-state index contributed by atoms with van der Waals surface area (Å²) in [6.07, 6.45) is -2.93. The molecular formula is C23H19ClF3N3O3. The molecule has 1 aromatic heterocycles. The van der Waals surface area contributed by atoms with Crippen molar-refractivity contribution in [1.29, 1.82) is 0 Å². The van der Waals surface area contributed by atoms with Crippen LogP contribution in [0.2, 0.25) is 5.02 Å². The number of hydrogen-bond donors (Lipinski definition) is 0. The van der Waals surface area contributed by atoms with Crippen molar-refractivity contribution < 1.29 is 27.5 Å². The van der Waals surface area contributed by atoms with Gasteiger partial charge in [0.2, 0.25) is 11.9 Å². The monoisotopic (exact) mass is 477 g/mol. The van der Waals surface area contributed by atoms with Gasteiger partial charge in [-0.25, -0.2) is 14.9 Å². The Hall–Kier alpha value is -3.46. The van der Waals surface area contributed by atoms with Gasteiger partial charge in [-0.2, -0.15) is 13.2 Å². The number of carbonyl (C=O) groups excluding carboxylic acids is 2. The second kappa shape index (κ2) is 10.4. The van der Waals surface area contributed by atoms with Gasteiger partial charge in [0.1, 0.15) is 0 Å². The number of anilines is 2. The Labute approximate surface area is 193 Å². The number of amides is 1. The quantitative estimate of drug-likeness (QED) is 0.401. The molecule has 0 unspecified atom stereocenters. The number of methoxy groups -OCH3 is 1. The van der Waals surface area contributed by atoms with Crippen LogP contribution in [0.5, 0.6) is 0 Å². The lowest BCUT2D eigenvalue weighted by atomic mass is 10.1. The summed E-state index contributed by atoms with van der Waals surface area (Å²) in [7, 11) is 1.24. The van der Waals surface area contributed by atoms with Gasteiger partial charge < -0.3 is 4.74 Å². The van der Waals surface area contributed by atoms with Gasteiger partial charge in [-0.3, -0.25) is 9.59 Å². The molecule has 0 spiro atoms. The minimum atomic E-state index is -4.52. The predicted octanol–water partition coefficient (Wildman–Crippen LogP) is 5.82. The van der Waals surface area contributed by atoms with Crippen LogP contribution in [0.25, 0.3) is 11.3 Å². The summed E-state index contributed by atoms with van der Waals surface area (Å²) in [4.78, 5) is 34.1. The molecule has 0 radical (unpaired) electrons. The first kappa shape index (κ1) is 24.2. The van der Waals surface area contributed by atoms with Gasteiger partial charge in [-0.1, -0.05) is 23.7 Å². The van der Waals surface area contributed by atoms with Crippen molar-refractivity contribution in [2.75, 3.05) is 12.0 Å². The van der Waals surface area contributed by atoms with E-state index in [2.05, 4.69) is 14.7 Å². The Morgan fingerprint density at radius 3 is 2.42 bits per heavy atom. The van der Waals surface area contributed by atoms with Gasteiger partial charge in [0.05, 0.1) is 24.1 Å². The molecule has 2 aromatic carbocycles. The van der Waals surface area contributed by atoms with Gasteiger partial charge in [0, 0.05) is 29.6 Å². The van der Waals surface area contributed by atoms with Crippen molar-refractivity contribution in [2.45, 2.75) is 25.4 Å². The van der Waals surface area contributed by atoms with E-state index in [1.165, 1.54) is 25.4 Å². The molecule has 33 heavy (non-hydrogen) atoms. The number of esters is 1. The SMILES string of the molecule is COC(=O)CCCC(=O)N(c1ccc(C(F)(F)F)cc1)c1nccc(-c2cccc(Cl)c2)n1. The van der Waals surface area contributed by atoms with E-state index in [0.29, 0.717) is 16.3 Å². The Morgan fingerprint density at radius 2 is 1.79 bits per heavy atom. The topological polar surface area (TPSA) is 72.4 Å². The maximum atomic E-state index is 13.0. The number of halogens is 4. The van der Waals surface area contributed by atoms with Gasteiger partial charge in [0.25, 0.3) is 0 Å². The molecule has 0 bridgehead atoms. The second-order valence-corrected chi connectivity index (χ2v) is 7.39. The molecule has 0 fully saturated rings. The summed E-state index contributed by atoms with van der Waals surface area (Å²) < 4.78 is 43.5. The molecule has 0 saturated carbocycles. The standard InChI is InChI=1S/C23H19ClF3N3O3/c1-33-21(32)7-3-6-20(31)30(18-10-8-16(9-11-18)23(25,26)27)22-28-13-12-19(29-22)15-4-2-5-17(24)14-15/h2,4-5,8-14H,3,6-7H2,1H3. The van der Waals surface area contributed by atoms with E-state index in [4.69, 9.17) is 11.6 Å². The lowest BCUT2D eigenvalue weighted by Crippen LogP contribution is -2.28. The van der Waals surface area contributed by atoms with E-state index >= 15 is 0 Å². The molecule has 0 aliphatic carbocycles. The van der Waals surface area contributed by atoms with Gasteiger partial charge >= 0.3 is 12.1 Å². The van der Waals surface area contributed by atoms with Crippen molar-refractivity contribution in [1.82, 2.24) is 9.97 Å². The molecule has 0 N–H and O–H groups in total. The molecular weight excluding hydrogens is 459 g/mol. The van der Waals surface area contributed by atoms with Gasteiger partial charge in [0.15, 0.2) is 0 Å². The molecule has 172 valence electrons. The third-order valence-corrected chi connectivity index (χ3v) is 4.90. The number of rotatable bonds is 7. The normalized spacial score (nSPS) is 11.2. The first-order valence-electron chi connectivity index (χ1n) is 9.85. The highest BCUT2D eigenvalue weighted by Gasteiger charge is 2.31. The highest BCUT2D eigenvalue weighted by Crippen LogP contribution is 2.32. The number of aromatic nitrogens is 2. The van der Waals surface area contributed by atoms with E-state index in [9.17, 15) is 22.8 Å². The molecule has 3 aromatic rings. The Balaban J connectivity index is 1.97. The summed E-state index contributed by atoms with van der Waals surface area (Å²) in [5.41, 5.74) is 0.464. The van der Waals surface area contributed by atoms with Crippen LogP contribution < -0.4 is 4.90 Å². The minimum Gasteiger partial charge on any atom is -0.469 e. The van der Waals surface area contributed by atoms with Gasteiger partial charge in [-0.05, 0) is 48.9 Å². The maximum Gasteiger partial charge on any atom is 0.416 e. The first-order chi connectivity index (χ1) is 15.7. The van der Waals surface area contributed by atoms with Crippen LogP contribution in [0.3, 0.4) is 0 Å². The molecule has 10 heteroatoms.